The van der Waals surface area contributed by atoms with Gasteiger partial charge in [-0.05, 0) is 43.2 Å². The lowest BCUT2D eigenvalue weighted by molar-refractivity contribution is -0.112. The smallest absolute Gasteiger partial charge is 0.266 e. The summed E-state index contributed by atoms with van der Waals surface area (Å²) in [5, 5.41) is 12.2. The molecule has 5 nitrogen and oxygen atoms in total. The zero-order valence-electron chi connectivity index (χ0n) is 14.1. The number of benzene rings is 2. The molecule has 0 bridgehead atoms. The van der Waals surface area contributed by atoms with Crippen molar-refractivity contribution in [3.05, 3.63) is 58.7 Å². The number of fused-ring (bicyclic) bond motifs is 1. The molecular weight excluding hydrogens is 316 g/mol. The quantitative estimate of drug-likeness (QED) is 0.687. The molecule has 0 saturated heterocycles. The predicted octanol–water partition coefficient (Wildman–Crippen LogP) is 3.62. The van der Waals surface area contributed by atoms with Gasteiger partial charge >= 0.3 is 0 Å². The van der Waals surface area contributed by atoms with Crippen LogP contribution in [0.5, 0.6) is 11.5 Å². The summed E-state index contributed by atoms with van der Waals surface area (Å²) in [7, 11) is 0. The van der Waals surface area contributed by atoms with Gasteiger partial charge in [-0.25, -0.2) is 0 Å². The van der Waals surface area contributed by atoms with E-state index in [1.54, 1.807) is 18.2 Å². The van der Waals surface area contributed by atoms with Gasteiger partial charge in [-0.1, -0.05) is 24.3 Å². The lowest BCUT2D eigenvalue weighted by Gasteiger charge is -2.19. The summed E-state index contributed by atoms with van der Waals surface area (Å²) >= 11 is 0. The number of carbonyl (C=O) groups is 1. The van der Waals surface area contributed by atoms with Crippen molar-refractivity contribution < 1.29 is 14.3 Å². The number of carbonyl (C=O) groups excluding carboxylic acids is 1. The molecule has 0 atom stereocenters. The molecule has 1 heterocycles. The van der Waals surface area contributed by atoms with Gasteiger partial charge in [0.1, 0.15) is 24.9 Å². The summed E-state index contributed by atoms with van der Waals surface area (Å²) in [5.74, 6) is 0.721. The van der Waals surface area contributed by atoms with E-state index in [0.29, 0.717) is 36.0 Å². The van der Waals surface area contributed by atoms with E-state index < -0.39 is 5.91 Å². The first kappa shape index (κ1) is 16.6. The number of hydrogen-bond donors (Lipinski definition) is 1. The van der Waals surface area contributed by atoms with Crippen molar-refractivity contribution in [2.75, 3.05) is 18.5 Å². The lowest BCUT2D eigenvalue weighted by Crippen LogP contribution is -2.17. The topological polar surface area (TPSA) is 71.4 Å². The third-order valence-corrected chi connectivity index (χ3v) is 4.11. The summed E-state index contributed by atoms with van der Waals surface area (Å²) in [6, 6.07) is 13.0. The molecule has 1 aliphatic heterocycles. The van der Waals surface area contributed by atoms with E-state index in [0.717, 1.165) is 11.1 Å². The van der Waals surface area contributed by atoms with Crippen LogP contribution in [0.4, 0.5) is 5.69 Å². The van der Waals surface area contributed by atoms with Crippen LogP contribution in [0.2, 0.25) is 0 Å². The van der Waals surface area contributed by atoms with E-state index in [1.165, 1.54) is 6.08 Å². The van der Waals surface area contributed by atoms with Crippen molar-refractivity contribution in [1.82, 2.24) is 0 Å². The Labute approximate surface area is 146 Å². The van der Waals surface area contributed by atoms with Crippen molar-refractivity contribution >= 4 is 17.7 Å². The number of nitriles is 1. The minimum atomic E-state index is -0.453. The Balaban J connectivity index is 1.90. The highest BCUT2D eigenvalue weighted by molar-refractivity contribution is 6.10. The fourth-order valence-electron chi connectivity index (χ4n) is 2.59. The van der Waals surface area contributed by atoms with Crippen LogP contribution in [-0.4, -0.2) is 19.1 Å². The number of anilines is 1. The monoisotopic (exact) mass is 334 g/mol. The van der Waals surface area contributed by atoms with Crippen molar-refractivity contribution in [3.63, 3.8) is 0 Å². The second-order valence-corrected chi connectivity index (χ2v) is 5.74. The molecule has 0 fully saturated rings. The van der Waals surface area contributed by atoms with E-state index in [2.05, 4.69) is 5.32 Å². The average Bonchev–Trinajstić information content (AvgIpc) is 2.63. The number of hydrogen-bond acceptors (Lipinski definition) is 4. The maximum Gasteiger partial charge on any atom is 0.266 e. The fraction of sp³-hybridized carbons (Fsp3) is 0.200. The predicted molar refractivity (Wildman–Crippen MR) is 95.6 cm³/mol. The summed E-state index contributed by atoms with van der Waals surface area (Å²) in [6.07, 6.45) is 1.52. The SMILES string of the molecule is Cc1cccc(NC(=O)/C(C#N)=C\c2cccc3c2OCCO3)c1C. The Morgan fingerprint density at radius 2 is 1.92 bits per heavy atom. The molecule has 0 aromatic heterocycles. The van der Waals surface area contributed by atoms with Crippen LogP contribution in [0.1, 0.15) is 16.7 Å². The lowest BCUT2D eigenvalue weighted by atomic mass is 10.1. The molecule has 1 aliphatic rings. The van der Waals surface area contributed by atoms with E-state index in [4.69, 9.17) is 9.47 Å². The molecule has 0 unspecified atom stereocenters. The molecule has 2 aromatic rings. The third kappa shape index (κ3) is 3.48. The van der Waals surface area contributed by atoms with Gasteiger partial charge in [0.05, 0.1) is 0 Å². The van der Waals surface area contributed by atoms with Gasteiger partial charge in [0, 0.05) is 11.3 Å². The van der Waals surface area contributed by atoms with Crippen LogP contribution in [0.3, 0.4) is 0 Å². The van der Waals surface area contributed by atoms with Gasteiger partial charge in [-0.15, -0.1) is 0 Å². The molecule has 2 aromatic carbocycles. The largest absolute Gasteiger partial charge is 0.486 e. The van der Waals surface area contributed by atoms with Gasteiger partial charge in [-0.2, -0.15) is 5.26 Å². The second-order valence-electron chi connectivity index (χ2n) is 5.74. The van der Waals surface area contributed by atoms with Crippen molar-refractivity contribution in [1.29, 1.82) is 5.26 Å². The first-order valence-corrected chi connectivity index (χ1v) is 7.98. The highest BCUT2D eigenvalue weighted by atomic mass is 16.6. The van der Waals surface area contributed by atoms with Crippen LogP contribution < -0.4 is 14.8 Å². The molecule has 1 N–H and O–H groups in total. The summed E-state index contributed by atoms with van der Waals surface area (Å²) in [5.41, 5.74) is 3.39. The standard InChI is InChI=1S/C20H18N2O3/c1-13-5-3-7-17(14(13)2)22-20(23)16(12-21)11-15-6-4-8-18-19(15)25-10-9-24-18/h3-8,11H,9-10H2,1-2H3,(H,22,23)/b16-11-. The maximum atomic E-state index is 12.5. The molecule has 5 heteroatoms. The molecule has 0 spiro atoms. The van der Waals surface area contributed by atoms with E-state index in [1.807, 2.05) is 38.1 Å². The van der Waals surface area contributed by atoms with Crippen molar-refractivity contribution in [2.24, 2.45) is 0 Å². The molecule has 126 valence electrons. The molecule has 25 heavy (non-hydrogen) atoms. The van der Waals surface area contributed by atoms with Crippen LogP contribution in [0, 0.1) is 25.2 Å². The van der Waals surface area contributed by atoms with Crippen molar-refractivity contribution in [2.45, 2.75) is 13.8 Å². The van der Waals surface area contributed by atoms with Crippen LogP contribution >= 0.6 is 0 Å². The van der Waals surface area contributed by atoms with Gasteiger partial charge in [-0.3, -0.25) is 4.79 Å². The van der Waals surface area contributed by atoms with Crippen LogP contribution in [0.25, 0.3) is 6.08 Å². The first-order chi connectivity index (χ1) is 12.1. The molecule has 1 amide bonds. The van der Waals surface area contributed by atoms with E-state index in [9.17, 15) is 10.1 Å². The molecule has 0 radical (unpaired) electrons. The second kappa shape index (κ2) is 7.10. The van der Waals surface area contributed by atoms with E-state index >= 15 is 0 Å². The summed E-state index contributed by atoms with van der Waals surface area (Å²) in [6.45, 7) is 4.83. The Morgan fingerprint density at radius 3 is 2.72 bits per heavy atom. The normalized spacial score (nSPS) is 13.1. The van der Waals surface area contributed by atoms with Gasteiger partial charge in [0.15, 0.2) is 11.5 Å². The highest BCUT2D eigenvalue weighted by Crippen LogP contribution is 2.34. The number of rotatable bonds is 3. The zero-order valence-corrected chi connectivity index (χ0v) is 14.1. The Bertz CT molecular complexity index is 894. The van der Waals surface area contributed by atoms with Gasteiger partial charge in [0.2, 0.25) is 0 Å². The van der Waals surface area contributed by atoms with Crippen molar-refractivity contribution in [3.8, 4) is 17.6 Å². The summed E-state index contributed by atoms with van der Waals surface area (Å²) < 4.78 is 11.1. The Kier molecular flexibility index (Phi) is 4.71. The number of para-hydroxylation sites is 1. The Morgan fingerprint density at radius 1 is 1.16 bits per heavy atom. The van der Waals surface area contributed by atoms with Crippen LogP contribution in [-0.2, 0) is 4.79 Å². The van der Waals surface area contributed by atoms with E-state index in [-0.39, 0.29) is 5.57 Å². The zero-order chi connectivity index (χ0) is 17.8. The molecule has 0 saturated carbocycles. The minimum Gasteiger partial charge on any atom is -0.486 e. The van der Waals surface area contributed by atoms with Gasteiger partial charge < -0.3 is 14.8 Å². The molecular formula is C20H18N2O3. The number of aryl methyl sites for hydroxylation is 1. The Hall–Kier alpha value is -3.26. The average molecular weight is 334 g/mol. The van der Waals surface area contributed by atoms with Gasteiger partial charge in [0.25, 0.3) is 5.91 Å². The maximum absolute atomic E-state index is 12.5. The minimum absolute atomic E-state index is 0.00322. The molecule has 0 aliphatic carbocycles. The number of amides is 1. The number of nitrogens with zero attached hydrogens (tertiary/aromatic N) is 1. The molecule has 3 rings (SSSR count). The first-order valence-electron chi connectivity index (χ1n) is 7.98. The number of ether oxygens (including phenoxy) is 2. The number of nitrogens with one attached hydrogen (secondary N) is 1. The summed E-state index contributed by atoms with van der Waals surface area (Å²) in [4.78, 5) is 12.5. The fourth-order valence-corrected chi connectivity index (χ4v) is 2.59. The van der Waals surface area contributed by atoms with Crippen LogP contribution in [0.15, 0.2) is 42.0 Å². The third-order valence-electron chi connectivity index (χ3n) is 4.11. The highest BCUT2D eigenvalue weighted by Gasteiger charge is 2.17.